The molecule has 0 amide bonds. The molecule has 318 valence electrons. The van der Waals surface area contributed by atoms with Crippen molar-refractivity contribution >= 4 is 79.6 Å². The summed E-state index contributed by atoms with van der Waals surface area (Å²) < 4.78 is 0. The van der Waals surface area contributed by atoms with E-state index < -0.39 is 0 Å². The standard InChI is InChI=1S/C61H49N5/c1-46-21-14-15-40-61(46)66-59-38-19-36-57(44-59)64(49-26-10-4-11-27-49)55-34-17-32-53(42-55)62(47-22-6-2-7-23-47)51-30-16-31-52(41-51)63(48-24-8-3-9-25-48)54-33-18-35-56(43-54)65(50-28-12-5-13-29-50)58-37-20-39-60(66)45-58/h2-46,61H,1H3. The van der Waals surface area contributed by atoms with Gasteiger partial charge in [0.2, 0.25) is 0 Å². The number of para-hydroxylation sites is 4. The van der Waals surface area contributed by atoms with Crippen molar-refractivity contribution in [2.45, 2.75) is 13.0 Å². The van der Waals surface area contributed by atoms with Gasteiger partial charge < -0.3 is 24.5 Å². The van der Waals surface area contributed by atoms with Crippen LogP contribution < -0.4 is 24.5 Å². The first-order valence-electron chi connectivity index (χ1n) is 22.7. The van der Waals surface area contributed by atoms with E-state index in [9.17, 15) is 0 Å². The van der Waals surface area contributed by atoms with Crippen LogP contribution in [0.15, 0.2) is 267 Å². The molecule has 0 aromatic heterocycles. The van der Waals surface area contributed by atoms with Crippen LogP contribution in [-0.4, -0.2) is 6.04 Å². The second-order valence-corrected chi connectivity index (χ2v) is 16.8. The van der Waals surface area contributed by atoms with Crippen LogP contribution in [0.1, 0.15) is 6.92 Å². The molecule has 2 aliphatic rings. The van der Waals surface area contributed by atoms with E-state index in [1.165, 1.54) is 0 Å². The Hall–Kier alpha value is -8.54. The number of allylic oxidation sites excluding steroid dienone is 2. The maximum Gasteiger partial charge on any atom is 0.0585 e. The number of hydrogen-bond donors (Lipinski definition) is 0. The number of benzene rings is 9. The van der Waals surface area contributed by atoms with Gasteiger partial charge in [-0.05, 0) is 145 Å². The highest BCUT2D eigenvalue weighted by Crippen LogP contribution is 2.46. The number of nitrogens with zero attached hydrogens (tertiary/aromatic N) is 5. The Morgan fingerprint density at radius 1 is 0.242 bits per heavy atom. The summed E-state index contributed by atoms with van der Waals surface area (Å²) in [5.74, 6) is 0.252. The lowest BCUT2D eigenvalue weighted by molar-refractivity contribution is 0.609. The van der Waals surface area contributed by atoms with Crippen LogP contribution >= 0.6 is 0 Å². The zero-order valence-corrected chi connectivity index (χ0v) is 36.8. The summed E-state index contributed by atoms with van der Waals surface area (Å²) >= 11 is 0. The molecule has 0 spiro atoms. The highest BCUT2D eigenvalue weighted by molar-refractivity contribution is 5.89. The van der Waals surface area contributed by atoms with Crippen molar-refractivity contribution in [3.05, 3.63) is 267 Å². The zero-order chi connectivity index (χ0) is 44.2. The lowest BCUT2D eigenvalue weighted by atomic mass is 9.94. The Morgan fingerprint density at radius 3 is 0.742 bits per heavy atom. The molecule has 5 nitrogen and oxygen atoms in total. The van der Waals surface area contributed by atoms with Gasteiger partial charge in [-0.3, -0.25) is 0 Å². The van der Waals surface area contributed by atoms with Gasteiger partial charge in [0.1, 0.15) is 0 Å². The third-order valence-corrected chi connectivity index (χ3v) is 12.5. The molecule has 0 saturated carbocycles. The molecule has 0 N–H and O–H groups in total. The fourth-order valence-corrected chi connectivity index (χ4v) is 9.50. The van der Waals surface area contributed by atoms with E-state index in [1.54, 1.807) is 0 Å². The van der Waals surface area contributed by atoms with Crippen molar-refractivity contribution in [1.29, 1.82) is 0 Å². The normalized spacial score (nSPS) is 15.7. The first-order chi connectivity index (χ1) is 32.7. The summed E-state index contributed by atoms with van der Waals surface area (Å²) in [6, 6.07) is 87.6. The number of rotatable bonds is 5. The van der Waals surface area contributed by atoms with Crippen LogP contribution in [0.5, 0.6) is 0 Å². The molecule has 1 heterocycles. The van der Waals surface area contributed by atoms with Crippen LogP contribution in [0.4, 0.5) is 79.6 Å². The monoisotopic (exact) mass is 851 g/mol. The minimum absolute atomic E-state index is 0.0632. The largest absolute Gasteiger partial charge is 0.334 e. The van der Waals surface area contributed by atoms with Crippen LogP contribution in [-0.2, 0) is 0 Å². The highest BCUT2D eigenvalue weighted by atomic mass is 15.2. The van der Waals surface area contributed by atoms with Crippen molar-refractivity contribution < 1.29 is 0 Å². The predicted octanol–water partition coefficient (Wildman–Crippen LogP) is 17.1. The van der Waals surface area contributed by atoms with Gasteiger partial charge in [0, 0.05) is 79.6 Å². The topological polar surface area (TPSA) is 16.2 Å². The molecule has 0 saturated heterocycles. The van der Waals surface area contributed by atoms with Gasteiger partial charge in [0.05, 0.1) is 6.04 Å². The van der Waals surface area contributed by atoms with Crippen LogP contribution in [0.25, 0.3) is 0 Å². The van der Waals surface area contributed by atoms with Gasteiger partial charge in [0.25, 0.3) is 0 Å². The molecule has 2 atom stereocenters. The molecule has 0 fully saturated rings. The van der Waals surface area contributed by atoms with E-state index in [1.807, 2.05) is 0 Å². The lowest BCUT2D eigenvalue weighted by Gasteiger charge is -2.37. The molecule has 1 aliphatic carbocycles. The van der Waals surface area contributed by atoms with E-state index in [-0.39, 0.29) is 12.0 Å². The van der Waals surface area contributed by atoms with Gasteiger partial charge in [-0.2, -0.15) is 0 Å². The van der Waals surface area contributed by atoms with Crippen molar-refractivity contribution in [3.63, 3.8) is 0 Å². The third kappa shape index (κ3) is 7.88. The molecular weight excluding hydrogens is 803 g/mol. The van der Waals surface area contributed by atoms with E-state index in [0.29, 0.717) is 0 Å². The van der Waals surface area contributed by atoms with Crippen molar-refractivity contribution in [1.82, 2.24) is 0 Å². The Balaban J connectivity index is 1.20. The predicted molar refractivity (Wildman–Crippen MR) is 279 cm³/mol. The summed E-state index contributed by atoms with van der Waals surface area (Å²) in [5, 5.41) is 0. The van der Waals surface area contributed by atoms with Crippen LogP contribution in [0, 0.1) is 5.92 Å². The number of anilines is 14. The third-order valence-electron chi connectivity index (χ3n) is 12.5. The van der Waals surface area contributed by atoms with Crippen LogP contribution in [0.2, 0.25) is 0 Å². The second kappa shape index (κ2) is 17.9. The Kier molecular flexibility index (Phi) is 10.9. The molecule has 1 aliphatic heterocycles. The van der Waals surface area contributed by atoms with E-state index in [4.69, 9.17) is 0 Å². The Morgan fingerprint density at radius 2 is 0.470 bits per heavy atom. The minimum atomic E-state index is 0.0632. The van der Waals surface area contributed by atoms with Crippen molar-refractivity contribution in [2.24, 2.45) is 5.92 Å². The molecule has 5 heteroatoms. The molecule has 0 radical (unpaired) electrons. The zero-order valence-electron chi connectivity index (χ0n) is 36.8. The van der Waals surface area contributed by atoms with Gasteiger partial charge >= 0.3 is 0 Å². The van der Waals surface area contributed by atoms with E-state index in [0.717, 1.165) is 79.6 Å². The average Bonchev–Trinajstić information content (AvgIpc) is 3.37. The molecule has 11 rings (SSSR count). The van der Waals surface area contributed by atoms with Crippen molar-refractivity contribution in [3.8, 4) is 0 Å². The fraction of sp³-hybridized carbons (Fsp3) is 0.0492. The smallest absolute Gasteiger partial charge is 0.0585 e. The molecule has 9 aromatic carbocycles. The van der Waals surface area contributed by atoms with E-state index >= 15 is 0 Å². The van der Waals surface area contributed by atoms with Crippen LogP contribution in [0.3, 0.4) is 0 Å². The Labute approximate surface area is 388 Å². The summed E-state index contributed by atoms with van der Waals surface area (Å²) in [5.41, 5.74) is 14.8. The molecule has 2 unspecified atom stereocenters. The first kappa shape index (κ1) is 40.2. The van der Waals surface area contributed by atoms with Gasteiger partial charge in [0.15, 0.2) is 0 Å². The lowest BCUT2D eigenvalue weighted by Crippen LogP contribution is -2.35. The quantitative estimate of drug-likeness (QED) is 0.171. The van der Waals surface area contributed by atoms with E-state index in [2.05, 4.69) is 298 Å². The molecule has 66 heavy (non-hydrogen) atoms. The highest BCUT2D eigenvalue weighted by Gasteiger charge is 2.27. The SMILES string of the molecule is CC1C=CC=CC1N1c2cccc(c2)N(c2ccccc2)c2cccc(c2)N(c2ccccc2)c2cccc(c2)N(c2ccccc2)c2cccc(c2)N(c2ccccc2)c2cccc1c2. The minimum Gasteiger partial charge on any atom is -0.334 e. The Bertz CT molecular complexity index is 2960. The number of fused-ring (bicyclic) bond motifs is 10. The van der Waals surface area contributed by atoms with Gasteiger partial charge in [-0.1, -0.05) is 134 Å². The maximum absolute atomic E-state index is 2.51. The average molecular weight is 852 g/mol. The summed E-state index contributed by atoms with van der Waals surface area (Å²) in [6.45, 7) is 2.31. The van der Waals surface area contributed by atoms with Crippen molar-refractivity contribution in [2.75, 3.05) is 24.5 Å². The molecule has 9 aromatic rings. The first-order valence-corrected chi connectivity index (χ1v) is 22.7. The summed E-state index contributed by atoms with van der Waals surface area (Å²) in [7, 11) is 0. The van der Waals surface area contributed by atoms with Gasteiger partial charge in [-0.25, -0.2) is 0 Å². The summed E-state index contributed by atoms with van der Waals surface area (Å²) in [6.07, 6.45) is 9.00. The fourth-order valence-electron chi connectivity index (χ4n) is 9.50. The molecule has 10 bridgehead atoms. The van der Waals surface area contributed by atoms with Gasteiger partial charge in [-0.15, -0.1) is 0 Å². The maximum atomic E-state index is 2.51. The summed E-state index contributed by atoms with van der Waals surface area (Å²) in [4.78, 5) is 12.0. The molecular formula is C61H49N5. The number of hydrogen-bond acceptors (Lipinski definition) is 5. The second-order valence-electron chi connectivity index (χ2n) is 16.8.